The van der Waals surface area contributed by atoms with Gasteiger partial charge in [0.15, 0.2) is 5.17 Å². The second-order valence-electron chi connectivity index (χ2n) is 8.63. The molecule has 36 heavy (non-hydrogen) atoms. The molecule has 0 aromatic heterocycles. The maximum Gasteiger partial charge on any atom is 0.262 e. The standard InChI is InChI=1S/C27H22F2N4O2S/c1-16-5-7-18(8-6-16)23-14-22(17-9-11-19(28)12-10-17)32-33(23)27-31-26(35)24(36-27)15-25(34)30-21-4-2-3-20(29)13-21/h2-13,23-24H,14-15H2,1H3,(H,30,34)/t23-,24+/m1/s1. The SMILES string of the molecule is Cc1ccc([C@H]2CC(c3ccc(F)cc3)=NN2C2=NC(=O)[C@H](CC(=O)Nc3cccc(F)c3)S2)cc1. The molecule has 6 nitrogen and oxygen atoms in total. The van der Waals surface area contributed by atoms with Crippen LogP contribution in [0.25, 0.3) is 0 Å². The van der Waals surface area contributed by atoms with Crippen molar-refractivity contribution in [2.45, 2.75) is 31.1 Å². The van der Waals surface area contributed by atoms with Gasteiger partial charge < -0.3 is 5.32 Å². The molecule has 182 valence electrons. The van der Waals surface area contributed by atoms with Gasteiger partial charge in [-0.25, -0.2) is 13.8 Å². The number of benzene rings is 3. The van der Waals surface area contributed by atoms with Crippen molar-refractivity contribution < 1.29 is 18.4 Å². The first-order chi connectivity index (χ1) is 17.4. The van der Waals surface area contributed by atoms with Gasteiger partial charge in [0.2, 0.25) is 5.91 Å². The van der Waals surface area contributed by atoms with Crippen LogP contribution in [0, 0.1) is 18.6 Å². The number of hydrogen-bond donors (Lipinski definition) is 1. The third-order valence-electron chi connectivity index (χ3n) is 5.95. The highest BCUT2D eigenvalue weighted by Gasteiger charge is 2.39. The Kier molecular flexibility index (Phi) is 6.65. The van der Waals surface area contributed by atoms with Crippen molar-refractivity contribution in [2.24, 2.45) is 10.1 Å². The van der Waals surface area contributed by atoms with Crippen LogP contribution in [0.2, 0.25) is 0 Å². The third-order valence-corrected chi connectivity index (χ3v) is 7.10. The number of nitrogens with zero attached hydrogens (tertiary/aromatic N) is 3. The maximum atomic E-state index is 13.5. The van der Waals surface area contributed by atoms with Crippen LogP contribution in [-0.2, 0) is 9.59 Å². The summed E-state index contributed by atoms with van der Waals surface area (Å²) in [5, 5.41) is 8.79. The number of amides is 2. The van der Waals surface area contributed by atoms with Crippen LogP contribution in [0.15, 0.2) is 82.9 Å². The Bertz CT molecular complexity index is 1370. The fourth-order valence-electron chi connectivity index (χ4n) is 4.10. The van der Waals surface area contributed by atoms with Crippen LogP contribution >= 0.6 is 11.8 Å². The van der Waals surface area contributed by atoms with E-state index in [0.29, 0.717) is 17.3 Å². The fourth-order valence-corrected chi connectivity index (χ4v) is 5.16. The van der Waals surface area contributed by atoms with Crippen LogP contribution in [0.3, 0.4) is 0 Å². The zero-order chi connectivity index (χ0) is 25.2. The minimum Gasteiger partial charge on any atom is -0.326 e. The molecule has 9 heteroatoms. The Morgan fingerprint density at radius 2 is 1.81 bits per heavy atom. The number of halogens is 2. The molecule has 3 aromatic carbocycles. The second kappa shape index (κ2) is 10.0. The Balaban J connectivity index is 1.35. The number of hydrogen-bond acceptors (Lipinski definition) is 5. The zero-order valence-electron chi connectivity index (χ0n) is 19.3. The van der Waals surface area contributed by atoms with Crippen LogP contribution in [0.4, 0.5) is 14.5 Å². The molecular weight excluding hydrogens is 482 g/mol. The molecule has 2 heterocycles. The fraction of sp³-hybridized carbons (Fsp3) is 0.185. The summed E-state index contributed by atoms with van der Waals surface area (Å²) in [6.45, 7) is 2.01. The van der Waals surface area contributed by atoms with Gasteiger partial charge in [0.1, 0.15) is 16.9 Å². The van der Waals surface area contributed by atoms with Crippen molar-refractivity contribution in [2.75, 3.05) is 5.32 Å². The van der Waals surface area contributed by atoms with Crippen molar-refractivity contribution in [1.82, 2.24) is 5.01 Å². The van der Waals surface area contributed by atoms with E-state index in [2.05, 4.69) is 10.3 Å². The molecule has 2 aliphatic heterocycles. The number of rotatable bonds is 5. The van der Waals surface area contributed by atoms with Crippen molar-refractivity contribution in [3.05, 3.63) is 101 Å². The minimum atomic E-state index is -0.711. The molecule has 0 bridgehead atoms. The number of carbonyl (C=O) groups is 2. The minimum absolute atomic E-state index is 0.107. The van der Waals surface area contributed by atoms with Crippen molar-refractivity contribution in [3.63, 3.8) is 0 Å². The monoisotopic (exact) mass is 504 g/mol. The Hall–Kier alpha value is -3.85. The van der Waals surface area contributed by atoms with Gasteiger partial charge in [-0.05, 0) is 48.4 Å². The molecule has 0 saturated carbocycles. The third kappa shape index (κ3) is 5.21. The Labute approximate surface area is 211 Å². The molecule has 5 rings (SSSR count). The lowest BCUT2D eigenvalue weighted by atomic mass is 9.98. The zero-order valence-corrected chi connectivity index (χ0v) is 20.1. The van der Waals surface area contributed by atoms with Gasteiger partial charge in [0.05, 0.1) is 11.8 Å². The molecule has 0 aliphatic carbocycles. The summed E-state index contributed by atoms with van der Waals surface area (Å²) in [6, 6.07) is 19.6. The van der Waals surface area contributed by atoms with Crippen molar-refractivity contribution in [3.8, 4) is 0 Å². The normalized spacial score (nSPS) is 19.3. The lowest BCUT2D eigenvalue weighted by Gasteiger charge is -2.23. The van der Waals surface area contributed by atoms with E-state index >= 15 is 0 Å². The lowest BCUT2D eigenvalue weighted by Crippen LogP contribution is -2.25. The van der Waals surface area contributed by atoms with E-state index in [1.807, 2.05) is 31.2 Å². The van der Waals surface area contributed by atoms with E-state index in [1.54, 1.807) is 23.2 Å². The molecule has 0 spiro atoms. The first kappa shape index (κ1) is 23.9. The average molecular weight is 505 g/mol. The van der Waals surface area contributed by atoms with E-state index in [-0.39, 0.29) is 18.3 Å². The van der Waals surface area contributed by atoms with E-state index in [4.69, 9.17) is 5.10 Å². The van der Waals surface area contributed by atoms with E-state index in [9.17, 15) is 18.4 Å². The highest BCUT2D eigenvalue weighted by molar-refractivity contribution is 8.15. The number of thioether (sulfide) groups is 1. The molecule has 0 fully saturated rings. The molecule has 0 saturated heterocycles. The molecule has 2 amide bonds. The van der Waals surface area contributed by atoms with Crippen LogP contribution in [0.1, 0.15) is 35.6 Å². The molecule has 1 N–H and O–H groups in total. The summed E-state index contributed by atoms with van der Waals surface area (Å²) in [7, 11) is 0. The number of carbonyl (C=O) groups excluding carboxylic acids is 2. The summed E-state index contributed by atoms with van der Waals surface area (Å²) in [5.74, 6) is -1.62. The molecule has 2 atom stereocenters. The van der Waals surface area contributed by atoms with Crippen LogP contribution in [0.5, 0.6) is 0 Å². The topological polar surface area (TPSA) is 74.1 Å². The van der Waals surface area contributed by atoms with Crippen LogP contribution < -0.4 is 5.32 Å². The summed E-state index contributed by atoms with van der Waals surface area (Å²) >= 11 is 1.18. The molecule has 0 unspecified atom stereocenters. The summed E-state index contributed by atoms with van der Waals surface area (Å²) in [4.78, 5) is 29.4. The van der Waals surface area contributed by atoms with Gasteiger partial charge in [0.25, 0.3) is 5.91 Å². The van der Waals surface area contributed by atoms with Gasteiger partial charge in [-0.2, -0.15) is 10.1 Å². The number of amidine groups is 1. The molecule has 0 radical (unpaired) electrons. The predicted molar refractivity (Wildman–Crippen MR) is 137 cm³/mol. The molecule has 2 aliphatic rings. The van der Waals surface area contributed by atoms with E-state index in [1.165, 1.54) is 42.1 Å². The van der Waals surface area contributed by atoms with Crippen molar-refractivity contribution >= 4 is 40.1 Å². The number of nitrogens with one attached hydrogen (secondary N) is 1. The first-order valence-electron chi connectivity index (χ1n) is 11.4. The van der Waals surface area contributed by atoms with Crippen LogP contribution in [-0.4, -0.2) is 33.0 Å². The number of aryl methyl sites for hydroxylation is 1. The highest BCUT2D eigenvalue weighted by Crippen LogP contribution is 2.38. The Morgan fingerprint density at radius 3 is 2.53 bits per heavy atom. The largest absolute Gasteiger partial charge is 0.326 e. The lowest BCUT2D eigenvalue weighted by molar-refractivity contribution is -0.121. The summed E-state index contributed by atoms with van der Waals surface area (Å²) in [6.07, 6.45) is 0.442. The van der Waals surface area contributed by atoms with Gasteiger partial charge >= 0.3 is 0 Å². The summed E-state index contributed by atoms with van der Waals surface area (Å²) in [5.41, 5.74) is 3.99. The van der Waals surface area contributed by atoms with Gasteiger partial charge in [-0.3, -0.25) is 9.59 Å². The smallest absolute Gasteiger partial charge is 0.262 e. The van der Waals surface area contributed by atoms with Gasteiger partial charge in [-0.15, -0.1) is 0 Å². The highest BCUT2D eigenvalue weighted by atomic mass is 32.2. The molecular formula is C27H22F2N4O2S. The first-order valence-corrected chi connectivity index (χ1v) is 12.3. The Morgan fingerprint density at radius 1 is 1.06 bits per heavy atom. The van der Waals surface area contributed by atoms with Crippen molar-refractivity contribution in [1.29, 1.82) is 0 Å². The summed E-state index contributed by atoms with van der Waals surface area (Å²) < 4.78 is 26.9. The quantitative estimate of drug-likeness (QED) is 0.501. The second-order valence-corrected chi connectivity index (χ2v) is 9.80. The van der Waals surface area contributed by atoms with E-state index in [0.717, 1.165) is 22.4 Å². The van der Waals surface area contributed by atoms with Gasteiger partial charge in [0, 0.05) is 18.5 Å². The number of anilines is 1. The number of aliphatic imine (C=N–C) groups is 1. The maximum absolute atomic E-state index is 13.5. The molecule has 3 aromatic rings. The predicted octanol–water partition coefficient (Wildman–Crippen LogP) is 5.45. The number of hydrazone groups is 1. The van der Waals surface area contributed by atoms with Gasteiger partial charge in [-0.1, -0.05) is 59.8 Å². The van der Waals surface area contributed by atoms with E-state index < -0.39 is 22.9 Å². The average Bonchev–Trinajstić information content (AvgIpc) is 3.44.